The minimum Gasteiger partial charge on any atom is -0.369 e. The van der Waals surface area contributed by atoms with Gasteiger partial charge in [-0.15, -0.1) is 0 Å². The van der Waals surface area contributed by atoms with Crippen LogP contribution in [0.25, 0.3) is 32.9 Å². The van der Waals surface area contributed by atoms with Crippen molar-refractivity contribution >= 4 is 51.0 Å². The first-order chi connectivity index (χ1) is 24.9. The van der Waals surface area contributed by atoms with Crippen molar-refractivity contribution in [2.24, 2.45) is 13.0 Å². The Kier molecular flexibility index (Phi) is 7.95. The number of fused-ring (bicyclic) bond motifs is 4. The lowest BCUT2D eigenvalue weighted by molar-refractivity contribution is -0.136. The fourth-order valence-electron chi connectivity index (χ4n) is 8.63. The van der Waals surface area contributed by atoms with Crippen LogP contribution in [0.4, 0.5) is 11.5 Å². The fraction of sp³-hybridized carbons (Fsp3) is 0.375. The van der Waals surface area contributed by atoms with E-state index >= 15 is 0 Å². The van der Waals surface area contributed by atoms with Gasteiger partial charge in [0.2, 0.25) is 11.8 Å². The van der Waals surface area contributed by atoms with Gasteiger partial charge in [-0.2, -0.15) is 0 Å². The maximum Gasteiger partial charge on any atom is 0.255 e. The number of piperazine rings is 1. The number of benzene rings is 2. The molecule has 3 fully saturated rings. The third-order valence-corrected chi connectivity index (χ3v) is 11.6. The summed E-state index contributed by atoms with van der Waals surface area (Å²) in [7, 11) is 2.11. The number of imide groups is 1. The molecule has 260 valence electrons. The second-order valence-corrected chi connectivity index (χ2v) is 14.5. The van der Waals surface area contributed by atoms with Gasteiger partial charge < -0.3 is 19.3 Å². The summed E-state index contributed by atoms with van der Waals surface area (Å²) in [6.07, 6.45) is 8.78. The first kappa shape index (κ1) is 31.7. The van der Waals surface area contributed by atoms with Crippen molar-refractivity contribution in [3.8, 4) is 11.1 Å². The highest BCUT2D eigenvalue weighted by Crippen LogP contribution is 2.33. The highest BCUT2D eigenvalue weighted by atomic mass is 16.2. The monoisotopic (exact) mass is 682 g/mol. The molecule has 4 aliphatic heterocycles. The second-order valence-electron chi connectivity index (χ2n) is 14.5. The van der Waals surface area contributed by atoms with Crippen LogP contribution in [0, 0.1) is 5.92 Å². The molecule has 0 radical (unpaired) electrons. The highest BCUT2D eigenvalue weighted by Gasteiger charge is 2.39. The van der Waals surface area contributed by atoms with Crippen LogP contribution in [0.15, 0.2) is 73.2 Å². The number of hydrogen-bond acceptors (Lipinski definition) is 8. The summed E-state index contributed by atoms with van der Waals surface area (Å²) in [5, 5.41) is 4.78. The summed E-state index contributed by atoms with van der Waals surface area (Å²) in [5.41, 5.74) is 7.43. The van der Waals surface area contributed by atoms with Crippen LogP contribution in [0.1, 0.15) is 41.6 Å². The molecule has 0 aliphatic carbocycles. The van der Waals surface area contributed by atoms with E-state index < -0.39 is 6.04 Å². The molecular formula is C40H42N8O3. The lowest BCUT2D eigenvalue weighted by Gasteiger charge is -2.40. The SMILES string of the molecule is Cn1c2ccncc2c2ccc(-c3ccc(N4CCC(CN5CCN(c6ccc7c(c6)CN(C6CCC(=O)NC6=O)C7=O)CC5)CC4)nc3)cc21. The van der Waals surface area contributed by atoms with Crippen LogP contribution in [0.2, 0.25) is 0 Å². The maximum absolute atomic E-state index is 13.1. The predicted molar refractivity (Wildman–Crippen MR) is 198 cm³/mol. The Bertz CT molecular complexity index is 2160. The molecule has 7 heterocycles. The van der Waals surface area contributed by atoms with E-state index in [-0.39, 0.29) is 24.1 Å². The summed E-state index contributed by atoms with van der Waals surface area (Å²) in [6.45, 7) is 7.51. The van der Waals surface area contributed by atoms with Gasteiger partial charge in [-0.25, -0.2) is 4.98 Å². The highest BCUT2D eigenvalue weighted by molar-refractivity contribution is 6.08. The Morgan fingerprint density at radius 3 is 2.39 bits per heavy atom. The molecule has 11 nitrogen and oxygen atoms in total. The Morgan fingerprint density at radius 1 is 0.784 bits per heavy atom. The zero-order valence-corrected chi connectivity index (χ0v) is 28.9. The molecule has 0 bridgehead atoms. The van der Waals surface area contributed by atoms with E-state index in [9.17, 15) is 14.4 Å². The molecule has 2 aromatic carbocycles. The summed E-state index contributed by atoms with van der Waals surface area (Å²) in [4.78, 5) is 55.4. The number of aryl methyl sites for hydroxylation is 1. The number of nitrogens with zero attached hydrogens (tertiary/aromatic N) is 7. The Hall–Kier alpha value is -5.29. The number of anilines is 2. The number of pyridine rings is 2. The van der Waals surface area contributed by atoms with Crippen molar-refractivity contribution in [2.75, 3.05) is 55.6 Å². The van der Waals surface area contributed by atoms with E-state index in [1.807, 2.05) is 30.7 Å². The zero-order valence-electron chi connectivity index (χ0n) is 28.9. The topological polar surface area (TPSA) is 107 Å². The number of rotatable bonds is 6. The third kappa shape index (κ3) is 5.79. The Balaban J connectivity index is 0.765. The molecule has 1 atom stereocenters. The first-order valence-corrected chi connectivity index (χ1v) is 18.2. The second kappa shape index (κ2) is 12.8. The number of hydrogen-bond donors (Lipinski definition) is 1. The van der Waals surface area contributed by atoms with Gasteiger partial charge in [-0.05, 0) is 78.8 Å². The number of aromatic nitrogens is 3. The zero-order chi connectivity index (χ0) is 34.6. The van der Waals surface area contributed by atoms with Crippen molar-refractivity contribution in [2.45, 2.75) is 38.3 Å². The summed E-state index contributed by atoms with van der Waals surface area (Å²) < 4.78 is 2.24. The minimum absolute atomic E-state index is 0.122. The molecule has 3 aromatic heterocycles. The van der Waals surface area contributed by atoms with Gasteiger partial charge in [-0.1, -0.05) is 12.1 Å². The van der Waals surface area contributed by atoms with Crippen molar-refractivity contribution < 1.29 is 14.4 Å². The first-order valence-electron chi connectivity index (χ1n) is 18.2. The van der Waals surface area contributed by atoms with Gasteiger partial charge in [0.15, 0.2) is 0 Å². The van der Waals surface area contributed by atoms with Crippen LogP contribution < -0.4 is 15.1 Å². The van der Waals surface area contributed by atoms with Crippen molar-refractivity contribution in [3.63, 3.8) is 0 Å². The number of carbonyl (C=O) groups excluding carboxylic acids is 3. The normalized spacial score (nSPS) is 20.5. The summed E-state index contributed by atoms with van der Waals surface area (Å²) >= 11 is 0. The van der Waals surface area contributed by atoms with Gasteiger partial charge in [-0.3, -0.25) is 29.6 Å². The predicted octanol–water partition coefficient (Wildman–Crippen LogP) is 4.59. The van der Waals surface area contributed by atoms with E-state index in [1.54, 1.807) is 4.90 Å². The molecule has 0 spiro atoms. The lowest BCUT2D eigenvalue weighted by atomic mass is 9.95. The average molecular weight is 683 g/mol. The molecule has 3 saturated heterocycles. The van der Waals surface area contributed by atoms with Gasteiger partial charge in [0.05, 0.1) is 5.52 Å². The van der Waals surface area contributed by atoms with Gasteiger partial charge in [0.25, 0.3) is 5.91 Å². The van der Waals surface area contributed by atoms with Crippen LogP contribution in [0.3, 0.4) is 0 Å². The molecular weight excluding hydrogens is 640 g/mol. The molecule has 1 N–H and O–H groups in total. The van der Waals surface area contributed by atoms with Crippen LogP contribution >= 0.6 is 0 Å². The van der Waals surface area contributed by atoms with E-state index in [0.29, 0.717) is 24.4 Å². The molecule has 51 heavy (non-hydrogen) atoms. The Labute approximate surface area is 296 Å². The van der Waals surface area contributed by atoms with E-state index in [0.717, 1.165) is 68.4 Å². The quantitative estimate of drug-likeness (QED) is 0.260. The van der Waals surface area contributed by atoms with Crippen LogP contribution in [-0.4, -0.2) is 93.9 Å². The summed E-state index contributed by atoms with van der Waals surface area (Å²) in [5.74, 6) is 0.975. The van der Waals surface area contributed by atoms with Crippen LogP contribution in [0.5, 0.6) is 0 Å². The van der Waals surface area contributed by atoms with Crippen LogP contribution in [-0.2, 0) is 23.2 Å². The smallest absolute Gasteiger partial charge is 0.255 e. The van der Waals surface area contributed by atoms with Gasteiger partial charge in [0.1, 0.15) is 11.9 Å². The van der Waals surface area contributed by atoms with E-state index in [1.165, 1.54) is 40.2 Å². The molecule has 5 aromatic rings. The lowest BCUT2D eigenvalue weighted by Crippen LogP contribution is -2.52. The van der Waals surface area contributed by atoms with Crippen molar-refractivity contribution in [1.29, 1.82) is 0 Å². The standard InChI is InChI=1S/C40H42N8O3/c1-44-34-10-13-41-23-33(34)32-5-2-27(21-36(32)44)28-3-8-37(42-22-28)47-14-11-26(12-15-47)24-45-16-18-46(19-17-45)30-4-6-31-29(20-30)25-48(40(31)51)35-7-9-38(49)43-39(35)50/h2-6,8,10,13,20-23,26,35H,7,9,11-12,14-19,24-25H2,1H3,(H,43,49,50). The fourth-order valence-corrected chi connectivity index (χ4v) is 8.63. The molecule has 11 heteroatoms. The van der Waals surface area contributed by atoms with E-state index in [2.05, 4.69) is 79.1 Å². The Morgan fingerprint density at radius 2 is 1.61 bits per heavy atom. The molecule has 9 rings (SSSR count). The number of nitrogens with one attached hydrogen (secondary N) is 1. The van der Waals surface area contributed by atoms with E-state index in [4.69, 9.17) is 4.98 Å². The third-order valence-electron chi connectivity index (χ3n) is 11.6. The van der Waals surface area contributed by atoms with Crippen molar-refractivity contribution in [1.82, 2.24) is 29.7 Å². The van der Waals surface area contributed by atoms with Gasteiger partial charge in [0, 0.05) is 118 Å². The minimum atomic E-state index is -0.584. The van der Waals surface area contributed by atoms with Crippen molar-refractivity contribution in [3.05, 3.63) is 84.3 Å². The molecule has 0 saturated carbocycles. The number of piperidine rings is 2. The van der Waals surface area contributed by atoms with Gasteiger partial charge >= 0.3 is 0 Å². The number of amides is 3. The molecule has 1 unspecified atom stereocenters. The number of carbonyl (C=O) groups is 3. The average Bonchev–Trinajstić information content (AvgIpc) is 3.64. The molecule has 3 amide bonds. The largest absolute Gasteiger partial charge is 0.369 e. The molecule has 4 aliphatic rings. The maximum atomic E-state index is 13.1. The summed E-state index contributed by atoms with van der Waals surface area (Å²) in [6, 6.07) is 18.6.